The summed E-state index contributed by atoms with van der Waals surface area (Å²) in [5.74, 6) is 0. The van der Waals surface area contributed by atoms with E-state index >= 15 is 0 Å². The molecule has 0 radical (unpaired) electrons. The van der Waals surface area contributed by atoms with Crippen LogP contribution in [0.3, 0.4) is 0 Å². The van der Waals surface area contributed by atoms with Gasteiger partial charge in [-0.25, -0.2) is 0 Å². The molecule has 0 spiro atoms. The summed E-state index contributed by atoms with van der Waals surface area (Å²) in [5, 5.41) is 0. The standard InChI is InChI=1S/C50H39N3/c1-50(2)45-17-9-10-19-48(45)53(41-15-7-4-8-16-41)49-35-40(26-33-46(49)50)38-22-29-43(30-23-38)52(42-27-20-37(21-28-42)36-13-5-3-6-14-36)44-31-24-39(25-32-44)47-18-11-12-34-51-47/h3-35H,1-2H3. The van der Waals surface area contributed by atoms with Crippen LogP contribution in [0, 0.1) is 0 Å². The Hall–Kier alpha value is -6.71. The van der Waals surface area contributed by atoms with Gasteiger partial charge < -0.3 is 9.80 Å². The highest BCUT2D eigenvalue weighted by atomic mass is 15.2. The van der Waals surface area contributed by atoms with Crippen molar-refractivity contribution in [2.24, 2.45) is 0 Å². The summed E-state index contributed by atoms with van der Waals surface area (Å²) in [6.45, 7) is 4.68. The summed E-state index contributed by atoms with van der Waals surface area (Å²) in [6.07, 6.45) is 1.84. The van der Waals surface area contributed by atoms with E-state index in [0.29, 0.717) is 0 Å². The number of anilines is 6. The molecule has 0 saturated heterocycles. The molecule has 1 aromatic heterocycles. The van der Waals surface area contributed by atoms with E-state index in [1.54, 1.807) is 0 Å². The second-order valence-corrected chi connectivity index (χ2v) is 14.1. The van der Waals surface area contributed by atoms with Gasteiger partial charge in [0, 0.05) is 39.9 Å². The number of nitrogens with zero attached hydrogens (tertiary/aromatic N) is 3. The van der Waals surface area contributed by atoms with Crippen LogP contribution in [-0.4, -0.2) is 4.98 Å². The summed E-state index contributed by atoms with van der Waals surface area (Å²) < 4.78 is 0. The normalized spacial score (nSPS) is 12.8. The molecule has 0 amide bonds. The molecule has 9 rings (SSSR count). The Morgan fingerprint density at radius 1 is 0.415 bits per heavy atom. The minimum atomic E-state index is -0.137. The van der Waals surface area contributed by atoms with E-state index in [4.69, 9.17) is 0 Å². The van der Waals surface area contributed by atoms with Crippen molar-refractivity contribution in [1.82, 2.24) is 4.98 Å². The molecule has 53 heavy (non-hydrogen) atoms. The Morgan fingerprint density at radius 3 is 1.53 bits per heavy atom. The number of hydrogen-bond donors (Lipinski definition) is 0. The predicted octanol–water partition coefficient (Wildman–Crippen LogP) is 13.7. The van der Waals surface area contributed by atoms with Crippen molar-refractivity contribution >= 4 is 34.1 Å². The highest BCUT2D eigenvalue weighted by Crippen LogP contribution is 2.52. The topological polar surface area (TPSA) is 19.4 Å². The Labute approximate surface area is 312 Å². The molecule has 254 valence electrons. The largest absolute Gasteiger partial charge is 0.311 e. The lowest BCUT2D eigenvalue weighted by Crippen LogP contribution is -2.30. The Morgan fingerprint density at radius 2 is 0.906 bits per heavy atom. The number of rotatable bonds is 7. The monoisotopic (exact) mass is 681 g/mol. The summed E-state index contributed by atoms with van der Waals surface area (Å²) >= 11 is 0. The molecule has 0 bridgehead atoms. The number of aromatic nitrogens is 1. The number of pyridine rings is 1. The molecule has 0 aliphatic carbocycles. The first-order chi connectivity index (χ1) is 26.0. The van der Waals surface area contributed by atoms with Crippen LogP contribution >= 0.6 is 0 Å². The quantitative estimate of drug-likeness (QED) is 0.167. The van der Waals surface area contributed by atoms with E-state index in [1.807, 2.05) is 24.4 Å². The fourth-order valence-electron chi connectivity index (χ4n) is 7.75. The molecular weight excluding hydrogens is 643 g/mol. The molecule has 0 atom stereocenters. The van der Waals surface area contributed by atoms with Gasteiger partial charge in [-0.2, -0.15) is 0 Å². The van der Waals surface area contributed by atoms with E-state index < -0.39 is 0 Å². The van der Waals surface area contributed by atoms with Crippen LogP contribution in [0.5, 0.6) is 0 Å². The van der Waals surface area contributed by atoms with Gasteiger partial charge in [0.1, 0.15) is 0 Å². The average molecular weight is 682 g/mol. The fourth-order valence-corrected chi connectivity index (χ4v) is 7.75. The molecular formula is C50H39N3. The van der Waals surface area contributed by atoms with Gasteiger partial charge in [0.15, 0.2) is 0 Å². The van der Waals surface area contributed by atoms with Crippen LogP contribution < -0.4 is 9.80 Å². The van der Waals surface area contributed by atoms with Crippen LogP contribution in [0.15, 0.2) is 200 Å². The molecule has 7 aromatic carbocycles. The van der Waals surface area contributed by atoms with Crippen LogP contribution in [-0.2, 0) is 5.41 Å². The first kappa shape index (κ1) is 32.2. The van der Waals surface area contributed by atoms with Crippen LogP contribution in [0.2, 0.25) is 0 Å². The molecule has 2 heterocycles. The number of fused-ring (bicyclic) bond motifs is 2. The molecule has 1 aliphatic heterocycles. The van der Waals surface area contributed by atoms with E-state index in [2.05, 4.69) is 205 Å². The SMILES string of the molecule is CC1(C)c2ccccc2N(c2ccccc2)c2cc(-c3ccc(N(c4ccc(-c5ccccc5)cc4)c4ccc(-c5ccccn5)cc4)cc3)ccc21. The zero-order chi connectivity index (χ0) is 35.8. The minimum absolute atomic E-state index is 0.137. The summed E-state index contributed by atoms with van der Waals surface area (Å²) in [5.41, 5.74) is 16.2. The predicted molar refractivity (Wildman–Crippen MR) is 222 cm³/mol. The lowest BCUT2D eigenvalue weighted by Gasteiger charge is -2.42. The maximum Gasteiger partial charge on any atom is 0.0701 e. The van der Waals surface area contributed by atoms with Crippen LogP contribution in [0.25, 0.3) is 33.5 Å². The van der Waals surface area contributed by atoms with Gasteiger partial charge in [-0.05, 0) is 106 Å². The zero-order valence-corrected chi connectivity index (χ0v) is 29.9. The maximum atomic E-state index is 4.57. The van der Waals surface area contributed by atoms with Crippen molar-refractivity contribution in [1.29, 1.82) is 0 Å². The third kappa shape index (κ3) is 5.96. The van der Waals surface area contributed by atoms with Crippen molar-refractivity contribution < 1.29 is 0 Å². The fraction of sp³-hybridized carbons (Fsp3) is 0.0600. The van der Waals surface area contributed by atoms with Gasteiger partial charge in [0.25, 0.3) is 0 Å². The smallest absolute Gasteiger partial charge is 0.0701 e. The Balaban J connectivity index is 1.10. The van der Waals surface area contributed by atoms with Gasteiger partial charge in [-0.3, -0.25) is 4.98 Å². The Kier molecular flexibility index (Phi) is 8.17. The van der Waals surface area contributed by atoms with Gasteiger partial charge in [-0.1, -0.05) is 135 Å². The first-order valence-electron chi connectivity index (χ1n) is 18.2. The van der Waals surface area contributed by atoms with E-state index in [9.17, 15) is 0 Å². The van der Waals surface area contributed by atoms with Gasteiger partial charge >= 0.3 is 0 Å². The summed E-state index contributed by atoms with van der Waals surface area (Å²) in [7, 11) is 0. The van der Waals surface area contributed by atoms with Gasteiger partial charge in [-0.15, -0.1) is 0 Å². The van der Waals surface area contributed by atoms with E-state index in [1.165, 1.54) is 44.8 Å². The molecule has 0 N–H and O–H groups in total. The van der Waals surface area contributed by atoms with Crippen molar-refractivity contribution in [2.75, 3.05) is 9.80 Å². The van der Waals surface area contributed by atoms with Crippen molar-refractivity contribution in [3.05, 3.63) is 211 Å². The van der Waals surface area contributed by atoms with Gasteiger partial charge in [0.2, 0.25) is 0 Å². The summed E-state index contributed by atoms with van der Waals surface area (Å²) in [4.78, 5) is 9.31. The first-order valence-corrected chi connectivity index (χ1v) is 18.2. The second-order valence-electron chi connectivity index (χ2n) is 14.1. The number of hydrogen-bond acceptors (Lipinski definition) is 3. The average Bonchev–Trinajstić information content (AvgIpc) is 3.23. The van der Waals surface area contributed by atoms with Crippen molar-refractivity contribution in [2.45, 2.75) is 19.3 Å². The molecule has 8 aromatic rings. The second kappa shape index (κ2) is 13.4. The van der Waals surface area contributed by atoms with Crippen LogP contribution in [0.4, 0.5) is 34.1 Å². The van der Waals surface area contributed by atoms with E-state index in [-0.39, 0.29) is 5.41 Å². The maximum absolute atomic E-state index is 4.57. The highest BCUT2D eigenvalue weighted by molar-refractivity contribution is 5.88. The molecule has 0 saturated carbocycles. The highest BCUT2D eigenvalue weighted by Gasteiger charge is 2.36. The summed E-state index contributed by atoms with van der Waals surface area (Å²) in [6, 6.07) is 69.6. The third-order valence-electron chi connectivity index (χ3n) is 10.5. The molecule has 3 nitrogen and oxygen atoms in total. The van der Waals surface area contributed by atoms with Gasteiger partial charge in [0.05, 0.1) is 17.1 Å². The third-order valence-corrected chi connectivity index (χ3v) is 10.5. The molecule has 3 heteroatoms. The van der Waals surface area contributed by atoms with Crippen molar-refractivity contribution in [3.8, 4) is 33.5 Å². The number of benzene rings is 7. The van der Waals surface area contributed by atoms with Crippen LogP contribution in [0.1, 0.15) is 25.0 Å². The lowest BCUT2D eigenvalue weighted by atomic mass is 9.73. The molecule has 1 aliphatic rings. The zero-order valence-electron chi connectivity index (χ0n) is 29.9. The lowest BCUT2D eigenvalue weighted by molar-refractivity contribution is 0.632. The molecule has 0 unspecified atom stereocenters. The molecule has 0 fully saturated rings. The number of para-hydroxylation sites is 2. The minimum Gasteiger partial charge on any atom is -0.311 e. The van der Waals surface area contributed by atoms with E-state index in [0.717, 1.165) is 34.0 Å². The van der Waals surface area contributed by atoms with Crippen molar-refractivity contribution in [3.63, 3.8) is 0 Å². The Bertz CT molecular complexity index is 2410.